The van der Waals surface area contributed by atoms with Crippen molar-refractivity contribution in [2.24, 2.45) is 11.7 Å². The van der Waals surface area contributed by atoms with Gasteiger partial charge in [-0.05, 0) is 36.6 Å². The van der Waals surface area contributed by atoms with Gasteiger partial charge in [-0.15, -0.1) is 0 Å². The Bertz CT molecular complexity index is 911. The number of phenolic OH excluding ortho intramolecular Hbond substituents is 2. The van der Waals surface area contributed by atoms with Crippen LogP contribution in [0.15, 0.2) is 42.5 Å². The molecule has 0 radical (unpaired) electrons. The van der Waals surface area contributed by atoms with Crippen molar-refractivity contribution in [1.82, 2.24) is 9.97 Å². The first-order valence-corrected chi connectivity index (χ1v) is 8.72. The molecule has 5 N–H and O–H groups in total. The maximum Gasteiger partial charge on any atom is 0.165 e. The van der Waals surface area contributed by atoms with Gasteiger partial charge in [0.25, 0.3) is 0 Å². The van der Waals surface area contributed by atoms with E-state index in [1.54, 1.807) is 6.07 Å². The number of nitrogens with zero attached hydrogens (tertiary/aromatic N) is 2. The number of rotatable bonds is 6. The van der Waals surface area contributed by atoms with Crippen molar-refractivity contribution in [3.63, 3.8) is 0 Å². The molecule has 1 atom stereocenters. The molecule has 0 amide bonds. The fourth-order valence-electron chi connectivity index (χ4n) is 2.96. The van der Waals surface area contributed by atoms with E-state index in [1.165, 1.54) is 12.1 Å². The van der Waals surface area contributed by atoms with Crippen molar-refractivity contribution < 1.29 is 10.2 Å². The molecule has 3 rings (SSSR count). The molecule has 26 heavy (non-hydrogen) atoms. The number of hydrogen-bond donors (Lipinski definition) is 4. The van der Waals surface area contributed by atoms with Crippen LogP contribution in [0.1, 0.15) is 20.3 Å². The lowest BCUT2D eigenvalue weighted by Crippen LogP contribution is -2.30. The Balaban J connectivity index is 1.98. The molecule has 6 nitrogen and oxygen atoms in total. The van der Waals surface area contributed by atoms with Gasteiger partial charge in [-0.2, -0.15) is 0 Å². The minimum Gasteiger partial charge on any atom is -0.508 e. The van der Waals surface area contributed by atoms with Gasteiger partial charge in [0.05, 0.1) is 11.1 Å². The second-order valence-electron chi connectivity index (χ2n) is 6.88. The average molecular weight is 352 g/mol. The Morgan fingerprint density at radius 2 is 1.85 bits per heavy atom. The van der Waals surface area contributed by atoms with Crippen LogP contribution in [0.5, 0.6) is 11.5 Å². The monoisotopic (exact) mass is 352 g/mol. The van der Waals surface area contributed by atoms with Crippen molar-refractivity contribution in [2.45, 2.75) is 26.3 Å². The third-order valence-electron chi connectivity index (χ3n) is 4.13. The summed E-state index contributed by atoms with van der Waals surface area (Å²) in [4.78, 5) is 9.14. The quantitative estimate of drug-likeness (QED) is 0.541. The highest BCUT2D eigenvalue weighted by Crippen LogP contribution is 2.32. The number of aromatic nitrogens is 2. The molecule has 0 spiro atoms. The molecule has 3 aromatic rings. The molecule has 0 fully saturated rings. The first-order valence-electron chi connectivity index (χ1n) is 8.72. The van der Waals surface area contributed by atoms with Crippen LogP contribution >= 0.6 is 0 Å². The van der Waals surface area contributed by atoms with Gasteiger partial charge in [0, 0.05) is 24.0 Å². The first-order chi connectivity index (χ1) is 12.4. The summed E-state index contributed by atoms with van der Waals surface area (Å²) in [5.41, 5.74) is 7.41. The van der Waals surface area contributed by atoms with Crippen LogP contribution in [0.3, 0.4) is 0 Å². The van der Waals surface area contributed by atoms with Crippen molar-refractivity contribution in [1.29, 1.82) is 0 Å². The van der Waals surface area contributed by atoms with Gasteiger partial charge in [0.2, 0.25) is 0 Å². The van der Waals surface area contributed by atoms with Gasteiger partial charge in [0.1, 0.15) is 17.3 Å². The largest absolute Gasteiger partial charge is 0.508 e. The van der Waals surface area contributed by atoms with Gasteiger partial charge in [0.15, 0.2) is 5.82 Å². The summed E-state index contributed by atoms with van der Waals surface area (Å²) < 4.78 is 0. The number of anilines is 1. The second kappa shape index (κ2) is 7.58. The lowest BCUT2D eigenvalue weighted by molar-refractivity contribution is 0.451. The summed E-state index contributed by atoms with van der Waals surface area (Å²) in [6.45, 7) is 4.89. The summed E-state index contributed by atoms with van der Waals surface area (Å²) in [6, 6.07) is 12.1. The molecule has 0 bridgehead atoms. The van der Waals surface area contributed by atoms with Crippen LogP contribution in [0.2, 0.25) is 0 Å². The number of hydrogen-bond acceptors (Lipinski definition) is 6. The van der Waals surface area contributed by atoms with Crippen LogP contribution in [-0.4, -0.2) is 32.8 Å². The topological polar surface area (TPSA) is 104 Å². The summed E-state index contributed by atoms with van der Waals surface area (Å²) >= 11 is 0. The smallest absolute Gasteiger partial charge is 0.165 e. The van der Waals surface area contributed by atoms with E-state index in [9.17, 15) is 10.2 Å². The molecule has 0 aliphatic carbocycles. The lowest BCUT2D eigenvalue weighted by Gasteiger charge is -2.17. The zero-order valence-electron chi connectivity index (χ0n) is 15.0. The zero-order valence-corrected chi connectivity index (χ0v) is 15.0. The van der Waals surface area contributed by atoms with Gasteiger partial charge in [-0.25, -0.2) is 9.97 Å². The highest BCUT2D eigenvalue weighted by molar-refractivity contribution is 5.90. The summed E-state index contributed by atoms with van der Waals surface area (Å²) in [5.74, 6) is 1.52. The van der Waals surface area contributed by atoms with E-state index >= 15 is 0 Å². The van der Waals surface area contributed by atoms with Crippen LogP contribution in [0, 0.1) is 5.92 Å². The molecule has 1 unspecified atom stereocenters. The molecule has 0 saturated heterocycles. The molecule has 6 heteroatoms. The number of fused-ring (bicyclic) bond motifs is 1. The molecular weight excluding hydrogens is 328 g/mol. The number of para-hydroxylation sites is 1. The number of aromatic hydroxyl groups is 2. The third-order valence-corrected chi connectivity index (χ3v) is 4.13. The van der Waals surface area contributed by atoms with E-state index in [2.05, 4.69) is 29.1 Å². The number of phenols is 2. The molecule has 136 valence electrons. The van der Waals surface area contributed by atoms with Gasteiger partial charge in [-0.1, -0.05) is 26.0 Å². The molecule has 2 aromatic carbocycles. The molecule has 0 aliphatic heterocycles. The lowest BCUT2D eigenvalue weighted by atomic mass is 10.0. The molecule has 1 aromatic heterocycles. The normalized spacial score (nSPS) is 12.5. The Hall–Kier alpha value is -2.86. The number of nitrogens with one attached hydrogen (secondary N) is 1. The fraction of sp³-hybridized carbons (Fsp3) is 0.300. The first kappa shape index (κ1) is 17.9. The SMILES string of the molecule is CC(C)CC(N)CNc1nc(-c2ccc(O)cc2O)nc2ccccc12. The average Bonchev–Trinajstić information content (AvgIpc) is 2.59. The predicted molar refractivity (Wildman–Crippen MR) is 104 cm³/mol. The van der Waals surface area contributed by atoms with E-state index in [1.807, 2.05) is 24.3 Å². The molecular formula is C20H24N4O2. The van der Waals surface area contributed by atoms with Gasteiger partial charge in [-0.3, -0.25) is 0 Å². The maximum atomic E-state index is 10.1. The number of benzene rings is 2. The zero-order chi connectivity index (χ0) is 18.7. The molecule has 0 aliphatic rings. The Morgan fingerprint density at radius 3 is 2.58 bits per heavy atom. The van der Waals surface area contributed by atoms with Crippen LogP contribution < -0.4 is 11.1 Å². The number of nitrogens with two attached hydrogens (primary N) is 1. The van der Waals surface area contributed by atoms with Crippen molar-refractivity contribution in [2.75, 3.05) is 11.9 Å². The second-order valence-corrected chi connectivity index (χ2v) is 6.88. The summed E-state index contributed by atoms with van der Waals surface area (Å²) in [5, 5.41) is 23.9. The van der Waals surface area contributed by atoms with E-state index in [0.29, 0.717) is 29.7 Å². The Morgan fingerprint density at radius 1 is 1.08 bits per heavy atom. The van der Waals surface area contributed by atoms with Gasteiger partial charge < -0.3 is 21.3 Å². The minimum atomic E-state index is -0.0669. The van der Waals surface area contributed by atoms with Crippen LogP contribution in [0.4, 0.5) is 5.82 Å². The van der Waals surface area contributed by atoms with E-state index in [-0.39, 0.29) is 17.5 Å². The van der Waals surface area contributed by atoms with E-state index in [4.69, 9.17) is 5.73 Å². The third kappa shape index (κ3) is 4.03. The Labute approximate surface area is 152 Å². The maximum absolute atomic E-state index is 10.1. The highest BCUT2D eigenvalue weighted by atomic mass is 16.3. The summed E-state index contributed by atoms with van der Waals surface area (Å²) in [6.07, 6.45) is 0.918. The highest BCUT2D eigenvalue weighted by Gasteiger charge is 2.14. The van der Waals surface area contributed by atoms with E-state index < -0.39 is 0 Å². The van der Waals surface area contributed by atoms with Crippen LogP contribution in [-0.2, 0) is 0 Å². The molecule has 0 saturated carbocycles. The van der Waals surface area contributed by atoms with Crippen molar-refractivity contribution in [3.8, 4) is 22.9 Å². The van der Waals surface area contributed by atoms with Crippen molar-refractivity contribution >= 4 is 16.7 Å². The predicted octanol–water partition coefficient (Wildman–Crippen LogP) is 3.49. The van der Waals surface area contributed by atoms with Crippen molar-refractivity contribution in [3.05, 3.63) is 42.5 Å². The standard InChI is InChI=1S/C20H24N4O2/c1-12(2)9-13(21)11-22-19-15-5-3-4-6-17(15)23-20(24-19)16-8-7-14(25)10-18(16)26/h3-8,10,12-13,25-26H,9,11,21H2,1-2H3,(H,22,23,24). The summed E-state index contributed by atoms with van der Waals surface area (Å²) in [7, 11) is 0. The minimum absolute atomic E-state index is 0.00922. The fourth-order valence-corrected chi connectivity index (χ4v) is 2.96. The van der Waals surface area contributed by atoms with Crippen LogP contribution in [0.25, 0.3) is 22.3 Å². The molecule has 1 heterocycles. The Kier molecular flexibility index (Phi) is 5.23. The van der Waals surface area contributed by atoms with Gasteiger partial charge >= 0.3 is 0 Å². The van der Waals surface area contributed by atoms with E-state index in [0.717, 1.165) is 17.3 Å².